The minimum Gasteiger partial charge on any atom is -0.507 e. The highest BCUT2D eigenvalue weighted by Crippen LogP contribution is 2.42. The van der Waals surface area contributed by atoms with Crippen LogP contribution >= 0.6 is 0 Å². The third-order valence-corrected chi connectivity index (χ3v) is 7.46. The van der Waals surface area contributed by atoms with Crippen molar-refractivity contribution in [3.05, 3.63) is 42.5 Å². The first-order valence-electron chi connectivity index (χ1n) is 11.9. The average molecular weight is 479 g/mol. The predicted octanol–water partition coefficient (Wildman–Crippen LogP) is 4.34. The van der Waals surface area contributed by atoms with Crippen molar-refractivity contribution in [2.75, 3.05) is 19.1 Å². The molecule has 0 aliphatic carbocycles. The number of anilines is 1. The van der Waals surface area contributed by atoms with Gasteiger partial charge in [0, 0.05) is 35.8 Å². The van der Waals surface area contributed by atoms with Gasteiger partial charge in [-0.3, -0.25) is 0 Å². The number of hydrogen-bond acceptors (Lipinski definition) is 8. The molecule has 2 bridgehead atoms. The fourth-order valence-corrected chi connectivity index (χ4v) is 5.85. The van der Waals surface area contributed by atoms with E-state index >= 15 is 4.39 Å². The molecule has 4 heterocycles. The van der Waals surface area contributed by atoms with Crippen molar-refractivity contribution in [2.24, 2.45) is 0 Å². The number of nitrogens with zero attached hydrogens (tertiary/aromatic N) is 5. The van der Waals surface area contributed by atoms with Crippen LogP contribution in [0.2, 0.25) is 0 Å². The highest BCUT2D eigenvalue weighted by Gasteiger charge is 2.46. The number of aromatic hydroxyl groups is 1. The lowest BCUT2D eigenvalue weighted by atomic mass is 9.69. The second-order valence-electron chi connectivity index (χ2n) is 10.3. The molecule has 0 spiro atoms. The zero-order chi connectivity index (χ0) is 24.8. The van der Waals surface area contributed by atoms with Crippen molar-refractivity contribution in [3.8, 4) is 34.1 Å². The summed E-state index contributed by atoms with van der Waals surface area (Å²) in [7, 11) is 3.54. The van der Waals surface area contributed by atoms with Gasteiger partial charge >= 0.3 is 0 Å². The van der Waals surface area contributed by atoms with Crippen molar-refractivity contribution in [1.29, 1.82) is 0 Å². The van der Waals surface area contributed by atoms with Gasteiger partial charge in [-0.25, -0.2) is 14.4 Å². The van der Waals surface area contributed by atoms with E-state index in [9.17, 15) is 5.11 Å². The summed E-state index contributed by atoms with van der Waals surface area (Å²) in [6.07, 6.45) is 7.00. The Hall–Kier alpha value is -3.33. The van der Waals surface area contributed by atoms with Crippen molar-refractivity contribution >= 4 is 5.82 Å². The molecule has 184 valence electrons. The number of rotatable bonds is 5. The first-order valence-corrected chi connectivity index (χ1v) is 11.9. The number of nitrogens with one attached hydrogen (secondary N) is 1. The molecule has 0 saturated carbocycles. The van der Waals surface area contributed by atoms with Gasteiger partial charge in [0.05, 0.1) is 24.1 Å². The molecule has 8 nitrogen and oxygen atoms in total. The molecule has 35 heavy (non-hydrogen) atoms. The van der Waals surface area contributed by atoms with Crippen LogP contribution < -0.4 is 15.0 Å². The molecule has 2 N–H and O–H groups in total. The summed E-state index contributed by atoms with van der Waals surface area (Å²) in [5.41, 5.74) is 1.38. The molecule has 9 heteroatoms. The molecule has 0 radical (unpaired) electrons. The van der Waals surface area contributed by atoms with Crippen molar-refractivity contribution in [1.82, 2.24) is 25.5 Å². The largest absolute Gasteiger partial charge is 0.507 e. The van der Waals surface area contributed by atoms with Gasteiger partial charge in [0.2, 0.25) is 5.88 Å². The van der Waals surface area contributed by atoms with Gasteiger partial charge in [0.1, 0.15) is 17.9 Å². The van der Waals surface area contributed by atoms with Crippen LogP contribution in [0.1, 0.15) is 46.0 Å². The van der Waals surface area contributed by atoms with E-state index in [1.54, 1.807) is 12.1 Å². The second kappa shape index (κ2) is 8.71. The van der Waals surface area contributed by atoms with Gasteiger partial charge in [-0.2, -0.15) is 0 Å². The maximum absolute atomic E-state index is 15.1. The van der Waals surface area contributed by atoms with E-state index in [-0.39, 0.29) is 28.1 Å². The molecule has 1 aromatic carbocycles. The molecule has 2 aromatic heterocycles. The van der Waals surface area contributed by atoms with Gasteiger partial charge < -0.3 is 20.1 Å². The van der Waals surface area contributed by atoms with E-state index in [0.717, 1.165) is 18.7 Å². The molecule has 2 aliphatic heterocycles. The molecular weight excluding hydrogens is 447 g/mol. The van der Waals surface area contributed by atoms with Crippen molar-refractivity contribution < 1.29 is 14.2 Å². The summed E-state index contributed by atoms with van der Waals surface area (Å²) in [6, 6.07) is 8.22. The van der Waals surface area contributed by atoms with Crippen molar-refractivity contribution in [2.45, 2.75) is 63.1 Å². The summed E-state index contributed by atoms with van der Waals surface area (Å²) < 4.78 is 20.2. The number of methoxy groups -OCH3 is 1. The first kappa shape index (κ1) is 23.4. The first-order chi connectivity index (χ1) is 16.7. The highest BCUT2D eigenvalue weighted by atomic mass is 19.1. The number of piperidine rings is 2. The van der Waals surface area contributed by atoms with E-state index in [1.165, 1.54) is 44.8 Å². The van der Waals surface area contributed by atoms with E-state index < -0.39 is 5.82 Å². The third-order valence-electron chi connectivity index (χ3n) is 7.46. The topological polar surface area (TPSA) is 96.3 Å². The summed E-state index contributed by atoms with van der Waals surface area (Å²) in [4.78, 5) is 10.3. The number of halogens is 1. The van der Waals surface area contributed by atoms with Crippen LogP contribution in [-0.2, 0) is 0 Å². The SMILES string of the molecule is COc1cc(-c2cc(O)c(-c3ccc(N(C)C4C[C@]5(C)CCC[C@](C)(C4)N5)nn3)c(F)c2)ncn1. The Labute approximate surface area is 204 Å². The molecule has 2 aliphatic rings. The summed E-state index contributed by atoms with van der Waals surface area (Å²) in [6.45, 7) is 4.62. The number of aromatic nitrogens is 4. The fourth-order valence-electron chi connectivity index (χ4n) is 5.85. The zero-order valence-electron chi connectivity index (χ0n) is 20.5. The van der Waals surface area contributed by atoms with Crippen LogP contribution in [0, 0.1) is 5.82 Å². The molecule has 3 aromatic rings. The lowest BCUT2D eigenvalue weighted by Gasteiger charge is -2.55. The Morgan fingerprint density at radius 3 is 2.43 bits per heavy atom. The summed E-state index contributed by atoms with van der Waals surface area (Å²) in [5.74, 6) is 0.237. The normalized spacial score (nSPS) is 25.8. The molecule has 1 unspecified atom stereocenters. The Balaban J connectivity index is 1.39. The minimum absolute atomic E-state index is 0.00731. The van der Waals surface area contributed by atoms with Crippen LogP contribution in [0.5, 0.6) is 11.6 Å². The average Bonchev–Trinajstić information content (AvgIpc) is 2.82. The highest BCUT2D eigenvalue weighted by molar-refractivity contribution is 5.74. The maximum atomic E-state index is 15.1. The Morgan fingerprint density at radius 1 is 1.06 bits per heavy atom. The van der Waals surface area contributed by atoms with Crippen LogP contribution in [-0.4, -0.2) is 56.5 Å². The number of benzene rings is 1. The second-order valence-corrected chi connectivity index (χ2v) is 10.3. The molecule has 5 rings (SSSR count). The maximum Gasteiger partial charge on any atom is 0.216 e. The lowest BCUT2D eigenvalue weighted by Crippen LogP contribution is -2.66. The molecule has 2 fully saturated rings. The Bertz CT molecular complexity index is 1200. The summed E-state index contributed by atoms with van der Waals surface area (Å²) >= 11 is 0. The molecular formula is C26H31FN6O2. The number of phenolic OH excluding ortho intramolecular Hbond substituents is 1. The fraction of sp³-hybridized carbons (Fsp3) is 0.462. The predicted molar refractivity (Wildman–Crippen MR) is 132 cm³/mol. The van der Waals surface area contributed by atoms with Gasteiger partial charge in [0.15, 0.2) is 5.82 Å². The number of fused-ring (bicyclic) bond motifs is 2. The van der Waals surface area contributed by atoms with Gasteiger partial charge in [0.25, 0.3) is 0 Å². The van der Waals surface area contributed by atoms with Gasteiger partial charge in [-0.1, -0.05) is 0 Å². The Kier molecular flexibility index (Phi) is 5.83. The van der Waals surface area contributed by atoms with E-state index in [2.05, 4.69) is 44.2 Å². The zero-order valence-corrected chi connectivity index (χ0v) is 20.5. The Morgan fingerprint density at radius 2 is 1.80 bits per heavy atom. The molecule has 3 atom stereocenters. The standard InChI is InChI=1S/C26H31FN6O2/c1-25-8-5-9-26(2,32-25)14-17(13-25)33(3)22-7-6-19(30-31-22)24-18(27)10-16(11-21(24)34)20-12-23(35-4)29-15-28-20/h6-7,10-12,15,17,32,34H,5,8-9,13-14H2,1-4H3/t17?,25-,26+. The monoisotopic (exact) mass is 478 g/mol. The van der Waals surface area contributed by atoms with Crippen LogP contribution in [0.4, 0.5) is 10.2 Å². The lowest BCUT2D eigenvalue weighted by molar-refractivity contribution is 0.0784. The smallest absolute Gasteiger partial charge is 0.216 e. The number of phenols is 1. The quantitative estimate of drug-likeness (QED) is 0.559. The van der Waals surface area contributed by atoms with Crippen LogP contribution in [0.3, 0.4) is 0 Å². The number of hydrogen-bond donors (Lipinski definition) is 2. The number of ether oxygens (including phenoxy) is 1. The van der Waals surface area contributed by atoms with E-state index in [4.69, 9.17) is 4.74 Å². The van der Waals surface area contributed by atoms with E-state index in [1.807, 2.05) is 13.1 Å². The van der Waals surface area contributed by atoms with Gasteiger partial charge in [-0.15, -0.1) is 10.2 Å². The van der Waals surface area contributed by atoms with E-state index in [0.29, 0.717) is 23.2 Å². The van der Waals surface area contributed by atoms with Gasteiger partial charge in [-0.05, 0) is 70.2 Å². The third kappa shape index (κ3) is 4.52. The van der Waals surface area contributed by atoms with Crippen LogP contribution in [0.25, 0.3) is 22.5 Å². The van der Waals surface area contributed by atoms with Crippen LogP contribution in [0.15, 0.2) is 36.7 Å². The minimum atomic E-state index is -0.611. The molecule has 2 saturated heterocycles. The molecule has 0 amide bonds. The summed E-state index contributed by atoms with van der Waals surface area (Å²) in [5, 5.41) is 23.2. The van der Waals surface area contributed by atoms with Crippen molar-refractivity contribution in [3.63, 3.8) is 0 Å².